The molecular formula is C10H14N4O5. The summed E-state index contributed by atoms with van der Waals surface area (Å²) in [6.45, 7) is 0.839. The lowest BCUT2D eigenvalue weighted by molar-refractivity contribution is 0.0587. The number of aromatic nitrogens is 3. The van der Waals surface area contributed by atoms with Gasteiger partial charge in [-0.05, 0) is 0 Å². The first kappa shape index (κ1) is 13.3. The molecule has 9 nitrogen and oxygen atoms in total. The van der Waals surface area contributed by atoms with Crippen LogP contribution < -0.4 is 5.32 Å². The molecule has 0 spiro atoms. The summed E-state index contributed by atoms with van der Waals surface area (Å²) in [5.41, 5.74) is 0.582. The summed E-state index contributed by atoms with van der Waals surface area (Å²) < 4.78 is 16.1. The van der Waals surface area contributed by atoms with Gasteiger partial charge in [-0.3, -0.25) is 0 Å². The van der Waals surface area contributed by atoms with Gasteiger partial charge in [0, 0.05) is 7.11 Å². The maximum atomic E-state index is 11.5. The highest BCUT2D eigenvalue weighted by Gasteiger charge is 2.26. The van der Waals surface area contributed by atoms with E-state index in [0.29, 0.717) is 18.8 Å². The van der Waals surface area contributed by atoms with Crippen molar-refractivity contribution in [3.05, 3.63) is 11.4 Å². The molecule has 0 radical (unpaired) electrons. The first-order chi connectivity index (χ1) is 9.15. The Hall–Kier alpha value is -2.16. The third-order valence-corrected chi connectivity index (χ3v) is 2.62. The van der Waals surface area contributed by atoms with Gasteiger partial charge in [-0.25, -0.2) is 14.3 Å². The Morgan fingerprint density at radius 1 is 1.58 bits per heavy atom. The molecule has 104 valence electrons. The van der Waals surface area contributed by atoms with E-state index in [1.165, 1.54) is 18.9 Å². The van der Waals surface area contributed by atoms with Crippen LogP contribution in [0.2, 0.25) is 0 Å². The SMILES string of the molecule is COCc1c(C(=O)OC)nnn1CC1CNC(=O)O1. The highest BCUT2D eigenvalue weighted by Crippen LogP contribution is 2.11. The number of alkyl carbamates (subject to hydrolysis) is 1. The molecule has 0 aromatic carbocycles. The molecular weight excluding hydrogens is 256 g/mol. The van der Waals surface area contributed by atoms with E-state index in [4.69, 9.17) is 9.47 Å². The van der Waals surface area contributed by atoms with E-state index in [2.05, 4.69) is 20.4 Å². The molecule has 1 N–H and O–H groups in total. The maximum absolute atomic E-state index is 11.5. The molecule has 1 fully saturated rings. The summed E-state index contributed by atoms with van der Waals surface area (Å²) in [5.74, 6) is -0.583. The Balaban J connectivity index is 2.17. The summed E-state index contributed by atoms with van der Waals surface area (Å²) >= 11 is 0. The van der Waals surface area contributed by atoms with Crippen LogP contribution in [0.5, 0.6) is 0 Å². The first-order valence-corrected chi connectivity index (χ1v) is 5.59. The summed E-state index contributed by atoms with van der Waals surface area (Å²) in [4.78, 5) is 22.5. The second-order valence-corrected chi connectivity index (χ2v) is 3.90. The largest absolute Gasteiger partial charge is 0.464 e. The van der Waals surface area contributed by atoms with Crippen LogP contribution >= 0.6 is 0 Å². The van der Waals surface area contributed by atoms with E-state index >= 15 is 0 Å². The molecule has 9 heteroatoms. The molecule has 2 rings (SSSR count). The Labute approximate surface area is 108 Å². The van der Waals surface area contributed by atoms with E-state index in [-0.39, 0.29) is 18.4 Å². The highest BCUT2D eigenvalue weighted by molar-refractivity contribution is 5.88. The molecule has 0 aliphatic carbocycles. The van der Waals surface area contributed by atoms with Crippen molar-refractivity contribution in [3.63, 3.8) is 0 Å². The van der Waals surface area contributed by atoms with Crippen molar-refractivity contribution in [2.75, 3.05) is 20.8 Å². The van der Waals surface area contributed by atoms with Crippen LogP contribution in [0.25, 0.3) is 0 Å². The number of nitrogens with zero attached hydrogens (tertiary/aromatic N) is 3. The van der Waals surface area contributed by atoms with Crippen LogP contribution in [0.1, 0.15) is 16.2 Å². The lowest BCUT2D eigenvalue weighted by Crippen LogP contribution is -2.23. The number of amides is 1. The molecule has 1 saturated heterocycles. The van der Waals surface area contributed by atoms with E-state index in [9.17, 15) is 9.59 Å². The summed E-state index contributed by atoms with van der Waals surface area (Å²) in [6.07, 6.45) is -0.818. The maximum Gasteiger partial charge on any atom is 0.407 e. The van der Waals surface area contributed by atoms with Gasteiger partial charge in [-0.2, -0.15) is 0 Å². The predicted molar refractivity (Wildman–Crippen MR) is 60.3 cm³/mol. The van der Waals surface area contributed by atoms with Gasteiger partial charge < -0.3 is 19.5 Å². The van der Waals surface area contributed by atoms with Crippen molar-refractivity contribution in [3.8, 4) is 0 Å². The van der Waals surface area contributed by atoms with Crippen LogP contribution in [0.4, 0.5) is 4.79 Å². The average Bonchev–Trinajstić information content (AvgIpc) is 2.97. The third-order valence-electron chi connectivity index (χ3n) is 2.62. The molecule has 1 aliphatic rings. The quantitative estimate of drug-likeness (QED) is 0.707. The van der Waals surface area contributed by atoms with Crippen LogP contribution in [0.15, 0.2) is 0 Å². The number of rotatable bonds is 5. The van der Waals surface area contributed by atoms with Gasteiger partial charge in [0.05, 0.1) is 32.5 Å². The minimum Gasteiger partial charge on any atom is -0.464 e. The minimum atomic E-state index is -0.583. The van der Waals surface area contributed by atoms with Gasteiger partial charge in [0.1, 0.15) is 6.10 Å². The smallest absolute Gasteiger partial charge is 0.407 e. The van der Waals surface area contributed by atoms with Crippen molar-refractivity contribution >= 4 is 12.1 Å². The van der Waals surface area contributed by atoms with Crippen molar-refractivity contribution in [1.29, 1.82) is 0 Å². The van der Waals surface area contributed by atoms with Gasteiger partial charge in [0.25, 0.3) is 0 Å². The lowest BCUT2D eigenvalue weighted by atomic mass is 10.3. The number of nitrogens with one attached hydrogen (secondary N) is 1. The molecule has 1 atom stereocenters. The Kier molecular flexibility index (Phi) is 3.95. The zero-order valence-electron chi connectivity index (χ0n) is 10.6. The second kappa shape index (κ2) is 5.65. The zero-order chi connectivity index (χ0) is 13.8. The van der Waals surface area contributed by atoms with Crippen molar-refractivity contribution in [2.24, 2.45) is 0 Å². The molecule has 1 amide bonds. The predicted octanol–water partition coefficient (Wildman–Crippen LogP) is -0.680. The Morgan fingerprint density at radius 3 is 2.95 bits per heavy atom. The molecule has 1 aromatic rings. The van der Waals surface area contributed by atoms with Gasteiger partial charge in [0.15, 0.2) is 5.69 Å². The standard InChI is InChI=1S/C10H14N4O5/c1-17-5-7-8(9(15)18-2)12-13-14(7)4-6-3-11-10(16)19-6/h6H,3-5H2,1-2H3,(H,11,16). The molecule has 0 saturated carbocycles. The van der Waals surface area contributed by atoms with Crippen molar-refractivity contribution in [1.82, 2.24) is 20.3 Å². The van der Waals surface area contributed by atoms with E-state index in [1.54, 1.807) is 0 Å². The number of methoxy groups -OCH3 is 2. The van der Waals surface area contributed by atoms with E-state index in [1.807, 2.05) is 0 Å². The molecule has 1 aliphatic heterocycles. The third kappa shape index (κ3) is 2.81. The number of carbonyl (C=O) groups excluding carboxylic acids is 2. The fraction of sp³-hybridized carbons (Fsp3) is 0.600. The summed E-state index contributed by atoms with van der Waals surface area (Å²) in [6, 6.07) is 0. The monoisotopic (exact) mass is 270 g/mol. The molecule has 0 bridgehead atoms. The molecule has 19 heavy (non-hydrogen) atoms. The number of cyclic esters (lactones) is 1. The Bertz CT molecular complexity index is 486. The second-order valence-electron chi connectivity index (χ2n) is 3.90. The zero-order valence-corrected chi connectivity index (χ0v) is 10.6. The van der Waals surface area contributed by atoms with E-state index in [0.717, 1.165) is 0 Å². The van der Waals surface area contributed by atoms with Gasteiger partial charge in [-0.15, -0.1) is 5.10 Å². The normalized spacial score (nSPS) is 18.0. The minimum absolute atomic E-state index is 0.0987. The average molecular weight is 270 g/mol. The van der Waals surface area contributed by atoms with Crippen LogP contribution in [-0.2, 0) is 27.4 Å². The number of carbonyl (C=O) groups is 2. The van der Waals surface area contributed by atoms with Crippen LogP contribution in [-0.4, -0.2) is 53.9 Å². The topological polar surface area (TPSA) is 105 Å². The number of hydrogen-bond acceptors (Lipinski definition) is 7. The number of esters is 1. The van der Waals surface area contributed by atoms with Gasteiger partial charge >= 0.3 is 12.1 Å². The molecule has 2 heterocycles. The van der Waals surface area contributed by atoms with E-state index < -0.39 is 12.1 Å². The molecule has 1 unspecified atom stereocenters. The summed E-state index contributed by atoms with van der Waals surface area (Å²) in [7, 11) is 2.76. The lowest BCUT2D eigenvalue weighted by Gasteiger charge is -2.10. The number of hydrogen-bond donors (Lipinski definition) is 1. The van der Waals surface area contributed by atoms with Gasteiger partial charge in [0.2, 0.25) is 0 Å². The van der Waals surface area contributed by atoms with Crippen LogP contribution in [0, 0.1) is 0 Å². The molecule has 1 aromatic heterocycles. The van der Waals surface area contributed by atoms with Crippen molar-refractivity contribution < 1.29 is 23.8 Å². The summed E-state index contributed by atoms with van der Waals surface area (Å²) in [5, 5.41) is 10.2. The Morgan fingerprint density at radius 2 is 2.37 bits per heavy atom. The fourth-order valence-electron chi connectivity index (χ4n) is 1.74. The first-order valence-electron chi connectivity index (χ1n) is 5.59. The van der Waals surface area contributed by atoms with Gasteiger partial charge in [-0.1, -0.05) is 5.21 Å². The van der Waals surface area contributed by atoms with Crippen LogP contribution in [0.3, 0.4) is 0 Å². The van der Waals surface area contributed by atoms with Crippen molar-refractivity contribution in [2.45, 2.75) is 19.3 Å². The fourth-order valence-corrected chi connectivity index (χ4v) is 1.74. The highest BCUT2D eigenvalue weighted by atomic mass is 16.6. The number of ether oxygens (including phenoxy) is 3.